The number of carboxylic acids is 1. The fourth-order valence-electron chi connectivity index (χ4n) is 3.81. The van der Waals surface area contributed by atoms with Crippen molar-refractivity contribution in [1.82, 2.24) is 4.90 Å². The first kappa shape index (κ1) is 26.6. The molecule has 1 aliphatic rings. The Labute approximate surface area is 210 Å². The Hall–Kier alpha value is -4.01. The van der Waals surface area contributed by atoms with Gasteiger partial charge in [0.05, 0.1) is 58.5 Å². The average Bonchev–Trinajstić information content (AvgIpc) is 2.87. The van der Waals surface area contributed by atoms with Gasteiger partial charge in [0.25, 0.3) is 0 Å². The molecule has 0 saturated heterocycles. The molecule has 190 valence electrons. The summed E-state index contributed by atoms with van der Waals surface area (Å²) in [5.74, 6) is 0.172. The Kier molecular flexibility index (Phi) is 8.58. The van der Waals surface area contributed by atoms with E-state index in [1.54, 1.807) is 53.6 Å². The van der Waals surface area contributed by atoms with Gasteiger partial charge in [0.1, 0.15) is 29.2 Å². The van der Waals surface area contributed by atoms with E-state index in [1.165, 1.54) is 34.5 Å². The van der Waals surface area contributed by atoms with Crippen LogP contribution in [0.2, 0.25) is 0 Å². The molecule has 0 aliphatic carbocycles. The third kappa shape index (κ3) is 6.16. The van der Waals surface area contributed by atoms with Crippen molar-refractivity contribution in [2.24, 2.45) is 0 Å². The number of carboxylic acid groups (broad SMARTS) is 1. The van der Waals surface area contributed by atoms with Gasteiger partial charge >= 0.3 is 5.97 Å². The molecule has 36 heavy (non-hydrogen) atoms. The van der Waals surface area contributed by atoms with Crippen LogP contribution in [0.4, 0.5) is 0 Å². The number of hydrogen-bond donors (Lipinski definition) is 1. The van der Waals surface area contributed by atoms with Crippen LogP contribution in [-0.4, -0.2) is 59.4 Å². The van der Waals surface area contributed by atoms with Crippen molar-refractivity contribution >= 4 is 21.9 Å². The third-order valence-corrected chi connectivity index (χ3v) is 6.79. The monoisotopic (exact) mass is 514 g/mol. The first-order valence-corrected chi connectivity index (χ1v) is 12.5. The van der Waals surface area contributed by atoms with Gasteiger partial charge in [-0.3, -0.25) is 4.90 Å². The van der Waals surface area contributed by atoms with E-state index in [2.05, 4.69) is 6.08 Å². The molecule has 0 bridgehead atoms. The molecular formula is C26H28NO8S+. The van der Waals surface area contributed by atoms with Gasteiger partial charge in [0, 0.05) is 23.1 Å². The Morgan fingerprint density at radius 3 is 2.25 bits per heavy atom. The molecule has 1 N–H and O–H groups in total. The lowest BCUT2D eigenvalue weighted by Crippen LogP contribution is -2.31. The lowest BCUT2D eigenvalue weighted by atomic mass is 10.0. The number of methoxy groups -OCH3 is 4. The van der Waals surface area contributed by atoms with Gasteiger partial charge in [-0.25, -0.2) is 13.2 Å². The molecule has 0 spiro atoms. The van der Waals surface area contributed by atoms with Crippen LogP contribution in [0.3, 0.4) is 0 Å². The van der Waals surface area contributed by atoms with Crippen LogP contribution in [0.25, 0.3) is 6.08 Å². The lowest BCUT2D eigenvalue weighted by Gasteiger charge is -2.24. The molecule has 0 saturated carbocycles. The zero-order valence-corrected chi connectivity index (χ0v) is 21.2. The first-order chi connectivity index (χ1) is 17.2. The second kappa shape index (κ2) is 11.6. The van der Waals surface area contributed by atoms with Gasteiger partial charge in [-0.15, -0.1) is 0 Å². The van der Waals surface area contributed by atoms with Crippen molar-refractivity contribution in [2.75, 3.05) is 35.0 Å². The molecule has 0 aromatic heterocycles. The average molecular weight is 515 g/mol. The maximum Gasteiger partial charge on any atom is 0.333 e. The molecule has 0 amide bonds. The van der Waals surface area contributed by atoms with Crippen molar-refractivity contribution in [1.29, 1.82) is 0 Å². The summed E-state index contributed by atoms with van der Waals surface area (Å²) in [5, 5.41) is 11.0. The molecule has 0 radical (unpaired) electrons. The summed E-state index contributed by atoms with van der Waals surface area (Å²) in [5.41, 5.74) is 1.20. The first-order valence-electron chi connectivity index (χ1n) is 10.8. The predicted octanol–water partition coefficient (Wildman–Crippen LogP) is 3.62. The second-order valence-corrected chi connectivity index (χ2v) is 9.64. The largest absolute Gasteiger partial charge is 0.496 e. The summed E-state index contributed by atoms with van der Waals surface area (Å²) in [7, 11) is 2.10. The molecular weight excluding hydrogens is 486 g/mol. The minimum Gasteiger partial charge on any atom is -0.496 e. The molecule has 3 rings (SSSR count). The van der Waals surface area contributed by atoms with Crippen molar-refractivity contribution in [3.63, 3.8) is 0 Å². The SMILES string of the molecule is COc1cc(OC)c(/C=C/S(=O)(=O)Cc2ccc(OC)c(C(C(=O)O)N3C=C[C+]=CC3)c2)c(OC)c1. The summed E-state index contributed by atoms with van der Waals surface area (Å²) in [6.45, 7) is 0.341. The van der Waals surface area contributed by atoms with E-state index in [4.69, 9.17) is 18.9 Å². The van der Waals surface area contributed by atoms with Crippen LogP contribution in [0.5, 0.6) is 23.0 Å². The zero-order chi connectivity index (χ0) is 26.3. The summed E-state index contributed by atoms with van der Waals surface area (Å²) < 4.78 is 47.3. The quantitative estimate of drug-likeness (QED) is 0.449. The van der Waals surface area contributed by atoms with Gasteiger partial charge in [0.15, 0.2) is 22.0 Å². The molecule has 1 unspecified atom stereocenters. The van der Waals surface area contributed by atoms with Crippen molar-refractivity contribution in [3.05, 3.63) is 76.9 Å². The van der Waals surface area contributed by atoms with Gasteiger partial charge in [-0.05, 0) is 23.8 Å². The topological polar surface area (TPSA) is 112 Å². The lowest BCUT2D eigenvalue weighted by molar-refractivity contribution is -0.142. The van der Waals surface area contributed by atoms with Gasteiger partial charge in [-0.1, -0.05) is 6.07 Å². The van der Waals surface area contributed by atoms with Crippen LogP contribution >= 0.6 is 0 Å². The highest BCUT2D eigenvalue weighted by Gasteiger charge is 2.32. The molecule has 0 fully saturated rings. The van der Waals surface area contributed by atoms with Crippen molar-refractivity contribution in [3.8, 4) is 23.0 Å². The van der Waals surface area contributed by atoms with E-state index in [0.717, 1.165) is 5.41 Å². The second-order valence-electron chi connectivity index (χ2n) is 7.76. The molecule has 1 atom stereocenters. The van der Waals surface area contributed by atoms with Gasteiger partial charge in [0.2, 0.25) is 0 Å². The highest BCUT2D eigenvalue weighted by molar-refractivity contribution is 7.93. The number of carbonyl (C=O) groups is 1. The minimum atomic E-state index is -3.76. The standard InChI is InChI=1S/C26H27NO8S/c1-32-19-15-23(34-3)20(24(16-19)35-4)10-13-36(30,31)17-18-8-9-22(33-2)21(14-18)25(26(28)29)27-11-6-5-7-12-27/h6-11,13-16,25H,12,17H2,1-4H3/p+1/b13-10+. The van der Waals surface area contributed by atoms with E-state index >= 15 is 0 Å². The van der Waals surface area contributed by atoms with E-state index in [9.17, 15) is 18.3 Å². The summed E-state index contributed by atoms with van der Waals surface area (Å²) in [4.78, 5) is 13.8. The Morgan fingerprint density at radius 2 is 1.72 bits per heavy atom. The normalized spacial score (nSPS) is 13.8. The summed E-state index contributed by atoms with van der Waals surface area (Å²) in [6.07, 6.45) is 9.25. The smallest absolute Gasteiger partial charge is 0.333 e. The van der Waals surface area contributed by atoms with E-state index in [0.29, 0.717) is 46.2 Å². The van der Waals surface area contributed by atoms with Gasteiger partial charge < -0.3 is 24.1 Å². The molecule has 9 nitrogen and oxygen atoms in total. The maximum absolute atomic E-state index is 13.0. The number of sulfone groups is 1. The van der Waals surface area contributed by atoms with Crippen molar-refractivity contribution in [2.45, 2.75) is 11.8 Å². The van der Waals surface area contributed by atoms with E-state index < -0.39 is 21.8 Å². The van der Waals surface area contributed by atoms with Crippen LogP contribution in [0.15, 0.2) is 54.1 Å². The van der Waals surface area contributed by atoms with Crippen LogP contribution in [0, 0.1) is 6.08 Å². The summed E-state index contributed by atoms with van der Waals surface area (Å²) >= 11 is 0. The number of nitrogens with zero attached hydrogens (tertiary/aromatic N) is 1. The highest BCUT2D eigenvalue weighted by atomic mass is 32.2. The van der Waals surface area contributed by atoms with Crippen LogP contribution in [-0.2, 0) is 20.4 Å². The third-order valence-electron chi connectivity index (χ3n) is 5.50. The molecule has 1 heterocycles. The Bertz CT molecular complexity index is 1270. The number of aliphatic carboxylic acids is 1. The van der Waals surface area contributed by atoms with Crippen LogP contribution in [0.1, 0.15) is 22.7 Å². The number of ether oxygens (including phenoxy) is 4. The zero-order valence-electron chi connectivity index (χ0n) is 20.4. The molecule has 2 aromatic carbocycles. The fraction of sp³-hybridized carbons (Fsp3) is 0.269. The molecule has 1 aliphatic heterocycles. The Balaban J connectivity index is 1.94. The summed E-state index contributed by atoms with van der Waals surface area (Å²) in [6, 6.07) is 6.90. The fourth-order valence-corrected chi connectivity index (χ4v) is 4.89. The number of rotatable bonds is 11. The van der Waals surface area contributed by atoms with Gasteiger partial charge in [-0.2, -0.15) is 0 Å². The highest BCUT2D eigenvalue weighted by Crippen LogP contribution is 2.36. The molecule has 2 aromatic rings. The minimum absolute atomic E-state index is 0.341. The number of allylic oxidation sites excluding steroid dienone is 2. The van der Waals surface area contributed by atoms with Crippen molar-refractivity contribution < 1.29 is 37.3 Å². The van der Waals surface area contributed by atoms with E-state index in [1.807, 2.05) is 0 Å². The predicted molar refractivity (Wildman–Crippen MR) is 135 cm³/mol. The molecule has 10 heteroatoms. The number of hydrogen-bond acceptors (Lipinski definition) is 8. The van der Waals surface area contributed by atoms with E-state index in [-0.39, 0.29) is 5.75 Å². The maximum atomic E-state index is 13.0. The Morgan fingerprint density at radius 1 is 1.06 bits per heavy atom. The number of benzene rings is 2. The van der Waals surface area contributed by atoms with Crippen LogP contribution < -0.4 is 18.9 Å².